The molecule has 0 bridgehead atoms. The quantitative estimate of drug-likeness (QED) is 0.891. The number of nitrogens with one attached hydrogen (secondary N) is 1. The third-order valence-corrected chi connectivity index (χ3v) is 4.69. The molecule has 3 nitrogen and oxygen atoms in total. The van der Waals surface area contributed by atoms with Crippen LogP contribution in [-0.4, -0.2) is 15.8 Å². The summed E-state index contributed by atoms with van der Waals surface area (Å²) in [6.07, 6.45) is 6.21. The van der Waals surface area contributed by atoms with E-state index in [1.807, 2.05) is 11.7 Å². The molecule has 0 radical (unpaired) electrons. The molecule has 1 aliphatic rings. The summed E-state index contributed by atoms with van der Waals surface area (Å²) in [5.74, 6) is 1.62. The van der Waals surface area contributed by atoms with Crippen LogP contribution in [0.25, 0.3) is 0 Å². The molecule has 0 saturated heterocycles. The van der Waals surface area contributed by atoms with Gasteiger partial charge in [0, 0.05) is 30.9 Å². The van der Waals surface area contributed by atoms with Gasteiger partial charge in [-0.3, -0.25) is 4.68 Å². The highest BCUT2D eigenvalue weighted by atomic mass is 15.3. The second-order valence-corrected chi connectivity index (χ2v) is 6.11. The summed E-state index contributed by atoms with van der Waals surface area (Å²) >= 11 is 0. The SMILES string of the molecule is Cc1nn(C)cc1C(C)NC1CCCC(C)C1C. The second kappa shape index (κ2) is 5.43. The highest BCUT2D eigenvalue weighted by Gasteiger charge is 2.28. The molecule has 18 heavy (non-hydrogen) atoms. The first-order valence-corrected chi connectivity index (χ1v) is 7.25. The molecule has 1 N–H and O–H groups in total. The van der Waals surface area contributed by atoms with Crippen LogP contribution in [-0.2, 0) is 7.05 Å². The van der Waals surface area contributed by atoms with Crippen LogP contribution in [0, 0.1) is 18.8 Å². The zero-order valence-corrected chi connectivity index (χ0v) is 12.4. The Morgan fingerprint density at radius 2 is 2.11 bits per heavy atom. The molecule has 1 aromatic rings. The van der Waals surface area contributed by atoms with Crippen molar-refractivity contribution in [3.8, 4) is 0 Å². The topological polar surface area (TPSA) is 29.9 Å². The molecule has 102 valence electrons. The molecule has 0 amide bonds. The maximum absolute atomic E-state index is 4.44. The van der Waals surface area contributed by atoms with E-state index in [1.165, 1.54) is 24.8 Å². The largest absolute Gasteiger partial charge is 0.307 e. The number of hydrogen-bond donors (Lipinski definition) is 1. The third-order valence-electron chi connectivity index (χ3n) is 4.69. The third kappa shape index (κ3) is 2.77. The van der Waals surface area contributed by atoms with Crippen molar-refractivity contribution in [2.75, 3.05) is 0 Å². The molecule has 1 aliphatic carbocycles. The lowest BCUT2D eigenvalue weighted by atomic mass is 9.77. The van der Waals surface area contributed by atoms with Gasteiger partial charge in [-0.2, -0.15) is 5.10 Å². The number of hydrogen-bond acceptors (Lipinski definition) is 2. The van der Waals surface area contributed by atoms with E-state index in [2.05, 4.69) is 44.3 Å². The predicted molar refractivity (Wildman–Crippen MR) is 75.5 cm³/mol. The molecule has 0 aromatic carbocycles. The molecule has 4 atom stereocenters. The molecule has 4 unspecified atom stereocenters. The molecule has 1 aromatic heterocycles. The van der Waals surface area contributed by atoms with E-state index in [9.17, 15) is 0 Å². The van der Waals surface area contributed by atoms with Crippen LogP contribution in [0.15, 0.2) is 6.20 Å². The molecular formula is C15H27N3. The standard InChI is InChI=1S/C15H27N3/c1-10-7-6-8-15(11(10)2)16-12(3)14-9-18(5)17-13(14)4/h9-12,15-16H,6-8H2,1-5H3. The molecule has 0 spiro atoms. The van der Waals surface area contributed by atoms with Crippen LogP contribution < -0.4 is 5.32 Å². The van der Waals surface area contributed by atoms with Gasteiger partial charge in [0.25, 0.3) is 0 Å². The number of aromatic nitrogens is 2. The van der Waals surface area contributed by atoms with Crippen molar-refractivity contribution in [1.82, 2.24) is 15.1 Å². The van der Waals surface area contributed by atoms with E-state index in [1.54, 1.807) is 0 Å². The number of nitrogens with zero attached hydrogens (tertiary/aromatic N) is 2. The Bertz CT molecular complexity index is 396. The second-order valence-electron chi connectivity index (χ2n) is 6.11. The van der Waals surface area contributed by atoms with Crippen LogP contribution in [0.2, 0.25) is 0 Å². The maximum Gasteiger partial charge on any atom is 0.0641 e. The monoisotopic (exact) mass is 249 g/mol. The Balaban J connectivity index is 2.02. The van der Waals surface area contributed by atoms with Crippen molar-refractivity contribution in [2.45, 2.75) is 59.0 Å². The Morgan fingerprint density at radius 3 is 2.72 bits per heavy atom. The molecule has 1 heterocycles. The lowest BCUT2D eigenvalue weighted by Crippen LogP contribution is -2.41. The minimum absolute atomic E-state index is 0.399. The average molecular weight is 249 g/mol. The van der Waals surface area contributed by atoms with Crippen molar-refractivity contribution in [2.24, 2.45) is 18.9 Å². The highest BCUT2D eigenvalue weighted by molar-refractivity contribution is 5.19. The Morgan fingerprint density at radius 1 is 1.39 bits per heavy atom. The van der Waals surface area contributed by atoms with Crippen LogP contribution in [0.4, 0.5) is 0 Å². The number of rotatable bonds is 3. The summed E-state index contributed by atoms with van der Waals surface area (Å²) < 4.78 is 1.91. The minimum atomic E-state index is 0.399. The van der Waals surface area contributed by atoms with Crippen molar-refractivity contribution in [1.29, 1.82) is 0 Å². The highest BCUT2D eigenvalue weighted by Crippen LogP contribution is 2.31. The van der Waals surface area contributed by atoms with Crippen molar-refractivity contribution in [3.63, 3.8) is 0 Å². The van der Waals surface area contributed by atoms with Gasteiger partial charge in [0.2, 0.25) is 0 Å². The molecule has 1 saturated carbocycles. The van der Waals surface area contributed by atoms with Crippen molar-refractivity contribution >= 4 is 0 Å². The minimum Gasteiger partial charge on any atom is -0.307 e. The van der Waals surface area contributed by atoms with Crippen molar-refractivity contribution in [3.05, 3.63) is 17.5 Å². The van der Waals surface area contributed by atoms with E-state index in [4.69, 9.17) is 0 Å². The summed E-state index contributed by atoms with van der Waals surface area (Å²) in [6, 6.07) is 1.06. The Hall–Kier alpha value is -0.830. The first kappa shape index (κ1) is 13.6. The van der Waals surface area contributed by atoms with Gasteiger partial charge in [0.05, 0.1) is 5.69 Å². The van der Waals surface area contributed by atoms with E-state index >= 15 is 0 Å². The molecule has 2 rings (SSSR count). The normalized spacial score (nSPS) is 30.4. The van der Waals surface area contributed by atoms with Crippen LogP contribution in [0.1, 0.15) is 57.3 Å². The molecule has 3 heteroatoms. The smallest absolute Gasteiger partial charge is 0.0641 e. The van der Waals surface area contributed by atoms with E-state index in [0.29, 0.717) is 12.1 Å². The van der Waals surface area contributed by atoms with Gasteiger partial charge in [-0.05, 0) is 32.1 Å². The summed E-state index contributed by atoms with van der Waals surface area (Å²) in [6.45, 7) is 9.14. The van der Waals surface area contributed by atoms with Gasteiger partial charge < -0.3 is 5.32 Å². The van der Waals surface area contributed by atoms with Gasteiger partial charge in [-0.15, -0.1) is 0 Å². The van der Waals surface area contributed by atoms with Crippen LogP contribution in [0.3, 0.4) is 0 Å². The summed E-state index contributed by atoms with van der Waals surface area (Å²) in [5, 5.41) is 8.25. The zero-order chi connectivity index (χ0) is 13.3. The summed E-state index contributed by atoms with van der Waals surface area (Å²) in [4.78, 5) is 0. The van der Waals surface area contributed by atoms with Gasteiger partial charge in [0.1, 0.15) is 0 Å². The van der Waals surface area contributed by atoms with E-state index in [0.717, 1.165) is 17.5 Å². The fourth-order valence-electron chi connectivity index (χ4n) is 3.27. The molecule has 0 aliphatic heterocycles. The van der Waals surface area contributed by atoms with Gasteiger partial charge >= 0.3 is 0 Å². The lowest BCUT2D eigenvalue weighted by Gasteiger charge is -2.36. The average Bonchev–Trinajstić information content (AvgIpc) is 2.64. The first-order chi connectivity index (χ1) is 8.49. The Labute approximate surface area is 111 Å². The van der Waals surface area contributed by atoms with Crippen molar-refractivity contribution < 1.29 is 0 Å². The molecule has 1 fully saturated rings. The van der Waals surface area contributed by atoms with Crippen LogP contribution in [0.5, 0.6) is 0 Å². The number of aryl methyl sites for hydroxylation is 2. The van der Waals surface area contributed by atoms with E-state index in [-0.39, 0.29) is 0 Å². The summed E-state index contributed by atoms with van der Waals surface area (Å²) in [5.41, 5.74) is 2.48. The lowest BCUT2D eigenvalue weighted by molar-refractivity contribution is 0.196. The predicted octanol–water partition coefficient (Wildman–Crippen LogP) is 3.20. The summed E-state index contributed by atoms with van der Waals surface area (Å²) in [7, 11) is 1.99. The van der Waals surface area contributed by atoms with Gasteiger partial charge in [-0.1, -0.05) is 26.7 Å². The van der Waals surface area contributed by atoms with Gasteiger partial charge in [0.15, 0.2) is 0 Å². The van der Waals surface area contributed by atoms with Crippen LogP contribution >= 0.6 is 0 Å². The molecular weight excluding hydrogens is 222 g/mol. The van der Waals surface area contributed by atoms with E-state index < -0.39 is 0 Å². The first-order valence-electron chi connectivity index (χ1n) is 7.25. The zero-order valence-electron chi connectivity index (χ0n) is 12.4. The van der Waals surface area contributed by atoms with Gasteiger partial charge in [-0.25, -0.2) is 0 Å². The fraction of sp³-hybridized carbons (Fsp3) is 0.800. The maximum atomic E-state index is 4.44. The Kier molecular flexibility index (Phi) is 4.10. The fourth-order valence-corrected chi connectivity index (χ4v) is 3.27.